The van der Waals surface area contributed by atoms with Gasteiger partial charge in [-0.3, -0.25) is 0 Å². The zero-order valence-corrected chi connectivity index (χ0v) is 10.1. The number of aliphatic hydroxyl groups is 1. The lowest BCUT2D eigenvalue weighted by atomic mass is 9.92. The van der Waals surface area contributed by atoms with Crippen molar-refractivity contribution in [1.29, 1.82) is 0 Å². The zero-order valence-electron chi connectivity index (χ0n) is 10.1. The van der Waals surface area contributed by atoms with Gasteiger partial charge in [0.15, 0.2) is 0 Å². The number of anilines is 1. The molecule has 92 valence electrons. The lowest BCUT2D eigenvalue weighted by Gasteiger charge is -2.32. The topological polar surface area (TPSA) is 41.5 Å². The summed E-state index contributed by atoms with van der Waals surface area (Å²) in [5.74, 6) is 1.70. The highest BCUT2D eigenvalue weighted by Crippen LogP contribution is 2.37. The lowest BCUT2D eigenvalue weighted by molar-refractivity contribution is 0.141. The Hall–Kier alpha value is -1.22. The quantitative estimate of drug-likeness (QED) is 0.841. The SMILES string of the molecule is COc1ccc2c(c1)NC(CC1CC1)C(O)C2. The number of nitrogens with one attached hydrogen (secondary N) is 1. The average molecular weight is 233 g/mol. The van der Waals surface area contributed by atoms with E-state index in [1.54, 1.807) is 7.11 Å². The molecule has 1 saturated carbocycles. The van der Waals surface area contributed by atoms with Crippen molar-refractivity contribution in [3.8, 4) is 5.75 Å². The molecule has 1 aliphatic heterocycles. The number of benzene rings is 1. The Morgan fingerprint density at radius 2 is 2.24 bits per heavy atom. The number of methoxy groups -OCH3 is 1. The van der Waals surface area contributed by atoms with Crippen LogP contribution in [-0.2, 0) is 6.42 Å². The van der Waals surface area contributed by atoms with E-state index in [9.17, 15) is 5.11 Å². The molecule has 0 saturated heterocycles. The van der Waals surface area contributed by atoms with Crippen molar-refractivity contribution >= 4 is 5.69 Å². The van der Waals surface area contributed by atoms with Gasteiger partial charge in [0.2, 0.25) is 0 Å². The van der Waals surface area contributed by atoms with Gasteiger partial charge in [-0.25, -0.2) is 0 Å². The van der Waals surface area contributed by atoms with Crippen LogP contribution in [0, 0.1) is 5.92 Å². The van der Waals surface area contributed by atoms with Crippen LogP contribution in [0.15, 0.2) is 18.2 Å². The maximum Gasteiger partial charge on any atom is 0.120 e. The molecule has 3 rings (SSSR count). The van der Waals surface area contributed by atoms with Crippen molar-refractivity contribution < 1.29 is 9.84 Å². The van der Waals surface area contributed by atoms with E-state index in [2.05, 4.69) is 5.32 Å². The van der Waals surface area contributed by atoms with Crippen molar-refractivity contribution in [1.82, 2.24) is 0 Å². The molecule has 0 bridgehead atoms. The molecule has 2 N–H and O–H groups in total. The van der Waals surface area contributed by atoms with Crippen molar-refractivity contribution in [3.05, 3.63) is 23.8 Å². The molecule has 17 heavy (non-hydrogen) atoms. The normalized spacial score (nSPS) is 27.2. The van der Waals surface area contributed by atoms with Gasteiger partial charge in [0.1, 0.15) is 5.75 Å². The van der Waals surface area contributed by atoms with Gasteiger partial charge in [-0.15, -0.1) is 0 Å². The second kappa shape index (κ2) is 4.22. The van der Waals surface area contributed by atoms with E-state index in [-0.39, 0.29) is 12.1 Å². The summed E-state index contributed by atoms with van der Waals surface area (Å²) in [7, 11) is 1.68. The van der Waals surface area contributed by atoms with Crippen LogP contribution in [0.5, 0.6) is 5.75 Å². The molecule has 3 heteroatoms. The van der Waals surface area contributed by atoms with Gasteiger partial charge in [0, 0.05) is 18.2 Å². The van der Waals surface area contributed by atoms with Crippen molar-refractivity contribution in [2.45, 2.75) is 37.8 Å². The highest BCUT2D eigenvalue weighted by atomic mass is 16.5. The molecule has 2 unspecified atom stereocenters. The molecule has 1 heterocycles. The summed E-state index contributed by atoms with van der Waals surface area (Å²) in [5, 5.41) is 13.6. The summed E-state index contributed by atoms with van der Waals surface area (Å²) in [6, 6.07) is 6.23. The molecule has 0 spiro atoms. The summed E-state index contributed by atoms with van der Waals surface area (Å²) < 4.78 is 5.23. The molecule has 0 aromatic heterocycles. The van der Waals surface area contributed by atoms with Gasteiger partial charge in [0.25, 0.3) is 0 Å². The molecule has 1 aliphatic carbocycles. The first-order chi connectivity index (χ1) is 8.26. The molecule has 1 aromatic carbocycles. The van der Waals surface area contributed by atoms with E-state index >= 15 is 0 Å². The van der Waals surface area contributed by atoms with E-state index in [1.807, 2.05) is 18.2 Å². The summed E-state index contributed by atoms with van der Waals surface area (Å²) in [4.78, 5) is 0. The predicted octanol–water partition coefficient (Wildman–Crippen LogP) is 2.19. The standard InChI is InChI=1S/C14H19NO2/c1-17-11-5-4-10-7-14(16)13(6-9-2-3-9)15-12(10)8-11/h4-5,8-9,13-16H,2-3,6-7H2,1H3. The maximum atomic E-state index is 10.1. The fourth-order valence-corrected chi connectivity index (χ4v) is 2.59. The van der Waals surface area contributed by atoms with Crippen LogP contribution in [0.25, 0.3) is 0 Å². The van der Waals surface area contributed by atoms with Crippen LogP contribution in [0.4, 0.5) is 5.69 Å². The van der Waals surface area contributed by atoms with Gasteiger partial charge in [0.05, 0.1) is 19.3 Å². The number of aliphatic hydroxyl groups excluding tert-OH is 1. The smallest absolute Gasteiger partial charge is 0.120 e. The summed E-state index contributed by atoms with van der Waals surface area (Å²) in [6.07, 6.45) is 4.25. The Morgan fingerprint density at radius 3 is 2.94 bits per heavy atom. The second-order valence-electron chi connectivity index (χ2n) is 5.22. The lowest BCUT2D eigenvalue weighted by Crippen LogP contribution is -2.39. The molecule has 1 aromatic rings. The Balaban J connectivity index is 1.80. The number of ether oxygens (including phenoxy) is 1. The summed E-state index contributed by atoms with van der Waals surface area (Å²) >= 11 is 0. The third-order valence-electron chi connectivity index (χ3n) is 3.84. The molecule has 0 amide bonds. The second-order valence-corrected chi connectivity index (χ2v) is 5.22. The van der Waals surface area contributed by atoms with Crippen molar-refractivity contribution in [2.75, 3.05) is 12.4 Å². The van der Waals surface area contributed by atoms with Gasteiger partial charge in [-0.05, 0) is 24.0 Å². The molecule has 1 fully saturated rings. The van der Waals surface area contributed by atoms with Crippen LogP contribution in [0.2, 0.25) is 0 Å². The van der Waals surface area contributed by atoms with Gasteiger partial charge in [-0.2, -0.15) is 0 Å². The van der Waals surface area contributed by atoms with Gasteiger partial charge < -0.3 is 15.2 Å². The number of fused-ring (bicyclic) bond motifs is 1. The van der Waals surface area contributed by atoms with Gasteiger partial charge in [-0.1, -0.05) is 18.9 Å². The first-order valence-corrected chi connectivity index (χ1v) is 6.38. The molecular weight excluding hydrogens is 214 g/mol. The van der Waals surface area contributed by atoms with Crippen LogP contribution in [0.1, 0.15) is 24.8 Å². The maximum absolute atomic E-state index is 10.1. The molecule has 2 atom stereocenters. The first kappa shape index (κ1) is 10.9. The predicted molar refractivity (Wildman–Crippen MR) is 67.5 cm³/mol. The third-order valence-corrected chi connectivity index (χ3v) is 3.84. The highest BCUT2D eigenvalue weighted by Gasteiger charge is 2.32. The molecular formula is C14H19NO2. The van der Waals surface area contributed by atoms with Crippen molar-refractivity contribution in [3.63, 3.8) is 0 Å². The Labute approximate surface area is 102 Å². The Morgan fingerprint density at radius 1 is 1.41 bits per heavy atom. The fourth-order valence-electron chi connectivity index (χ4n) is 2.59. The Kier molecular flexibility index (Phi) is 2.71. The minimum atomic E-state index is -0.253. The fraction of sp³-hybridized carbons (Fsp3) is 0.571. The first-order valence-electron chi connectivity index (χ1n) is 6.38. The van der Waals surface area contributed by atoms with Gasteiger partial charge >= 0.3 is 0 Å². The molecule has 0 radical (unpaired) electrons. The van der Waals surface area contributed by atoms with Crippen molar-refractivity contribution in [2.24, 2.45) is 5.92 Å². The Bertz CT molecular complexity index is 415. The number of hydrogen-bond donors (Lipinski definition) is 2. The molecule has 3 nitrogen and oxygen atoms in total. The van der Waals surface area contributed by atoms with E-state index < -0.39 is 0 Å². The number of hydrogen-bond acceptors (Lipinski definition) is 3. The van der Waals surface area contributed by atoms with E-state index in [1.165, 1.54) is 18.4 Å². The zero-order chi connectivity index (χ0) is 11.8. The van der Waals surface area contributed by atoms with E-state index in [0.29, 0.717) is 0 Å². The number of rotatable bonds is 3. The van der Waals surface area contributed by atoms with Crippen LogP contribution < -0.4 is 10.1 Å². The van der Waals surface area contributed by atoms with Crippen LogP contribution in [-0.4, -0.2) is 24.4 Å². The van der Waals surface area contributed by atoms with E-state index in [0.717, 1.165) is 30.2 Å². The van der Waals surface area contributed by atoms with E-state index in [4.69, 9.17) is 4.74 Å². The highest BCUT2D eigenvalue weighted by molar-refractivity contribution is 5.58. The third kappa shape index (κ3) is 2.25. The summed E-state index contributed by atoms with van der Waals surface area (Å²) in [5.41, 5.74) is 2.31. The minimum absolute atomic E-state index is 0.210. The van der Waals surface area contributed by atoms with Crippen LogP contribution >= 0.6 is 0 Å². The molecule has 2 aliphatic rings. The summed E-state index contributed by atoms with van der Waals surface area (Å²) in [6.45, 7) is 0. The largest absolute Gasteiger partial charge is 0.497 e. The average Bonchev–Trinajstić information content (AvgIpc) is 3.13. The monoisotopic (exact) mass is 233 g/mol. The minimum Gasteiger partial charge on any atom is -0.497 e. The van der Waals surface area contributed by atoms with Crippen LogP contribution in [0.3, 0.4) is 0 Å².